The number of thioether (sulfide) groups is 1. The van der Waals surface area contributed by atoms with Gasteiger partial charge >= 0.3 is 5.97 Å². The molecule has 9 N–H and O–H groups in total. The number of aliphatic hydroxyl groups is 1. The number of aromatic hydroxyl groups is 1. The van der Waals surface area contributed by atoms with Gasteiger partial charge < -0.3 is 42.4 Å². The van der Waals surface area contributed by atoms with Crippen molar-refractivity contribution < 1.29 is 29.3 Å². The Hall–Kier alpha value is -4.15. The second kappa shape index (κ2) is 25.0. The van der Waals surface area contributed by atoms with Gasteiger partial charge in [0, 0.05) is 30.2 Å². The Morgan fingerprint density at radius 3 is 2.19 bits per heavy atom. The molecule has 0 fully saturated rings. The smallest absolute Gasteiger partial charge is 0.305 e. The van der Waals surface area contributed by atoms with Crippen molar-refractivity contribution in [2.75, 3.05) is 47.6 Å². The van der Waals surface area contributed by atoms with Crippen LogP contribution in [0.25, 0.3) is 11.2 Å². The number of imidazole rings is 1. The van der Waals surface area contributed by atoms with E-state index in [1.807, 2.05) is 0 Å². The lowest BCUT2D eigenvalue weighted by atomic mass is 10.1. The van der Waals surface area contributed by atoms with E-state index in [9.17, 15) is 24.6 Å². The highest BCUT2D eigenvalue weighted by molar-refractivity contribution is 7.99. The number of fused-ring (bicyclic) bond motifs is 1. The van der Waals surface area contributed by atoms with Gasteiger partial charge in [-0.05, 0) is 30.5 Å². The number of nitrogens with one attached hydrogen (secondary N) is 3. The summed E-state index contributed by atoms with van der Waals surface area (Å²) in [6.45, 7) is 4.82. The molecule has 1 aromatic carbocycles. The molecule has 16 heteroatoms. The summed E-state index contributed by atoms with van der Waals surface area (Å²) in [5.41, 5.74) is 14.0. The van der Waals surface area contributed by atoms with Crippen molar-refractivity contribution in [3.63, 3.8) is 0 Å². The number of nitrogens with two attached hydrogens (primary N) is 2. The maximum atomic E-state index is 12.9. The maximum Gasteiger partial charge on any atom is 0.305 e. The average Bonchev–Trinajstić information content (AvgIpc) is 3.47. The Balaban J connectivity index is 1.33. The minimum Gasteiger partial charge on any atom is -0.480 e. The van der Waals surface area contributed by atoms with Crippen LogP contribution in [0, 0.1) is 0 Å². The molecule has 54 heavy (non-hydrogen) atoms. The van der Waals surface area contributed by atoms with E-state index < -0.39 is 30.5 Å². The topological polar surface area (TPSA) is 233 Å². The molecule has 0 bridgehead atoms. The fourth-order valence-corrected chi connectivity index (χ4v) is 6.47. The quantitative estimate of drug-likeness (QED) is 0.0377. The molecule has 3 aromatic rings. The fourth-order valence-electron chi connectivity index (χ4n) is 5.70. The summed E-state index contributed by atoms with van der Waals surface area (Å²) in [4.78, 5) is 50.5. The number of aliphatic hydroxyl groups excluding tert-OH is 1. The van der Waals surface area contributed by atoms with Crippen molar-refractivity contribution in [2.45, 2.75) is 122 Å². The second-order valence-electron chi connectivity index (χ2n) is 13.5. The van der Waals surface area contributed by atoms with Crippen molar-refractivity contribution in [3.05, 3.63) is 29.8 Å². The lowest BCUT2D eigenvalue weighted by molar-refractivity contribution is -0.143. The summed E-state index contributed by atoms with van der Waals surface area (Å²) in [7, 11) is 0. The molecule has 0 saturated carbocycles. The Kier molecular flexibility index (Phi) is 20.5. The number of hydrogen-bond donors (Lipinski definition) is 7. The molecule has 2 heterocycles. The van der Waals surface area contributed by atoms with E-state index in [0.717, 1.165) is 37.7 Å². The van der Waals surface area contributed by atoms with Crippen LogP contribution in [0.15, 0.2) is 24.3 Å². The third-order valence-electron chi connectivity index (χ3n) is 8.90. The van der Waals surface area contributed by atoms with Crippen LogP contribution in [0.4, 0.5) is 17.5 Å². The molecule has 0 unspecified atom stereocenters. The van der Waals surface area contributed by atoms with E-state index >= 15 is 0 Å². The van der Waals surface area contributed by atoms with Crippen LogP contribution in [-0.2, 0) is 25.7 Å². The van der Waals surface area contributed by atoms with Gasteiger partial charge in [0.05, 0.1) is 19.2 Å². The first-order valence-electron chi connectivity index (χ1n) is 19.4. The van der Waals surface area contributed by atoms with Crippen molar-refractivity contribution in [1.29, 1.82) is 0 Å². The van der Waals surface area contributed by atoms with Gasteiger partial charge in [-0.1, -0.05) is 96.6 Å². The number of nitrogen functional groups attached to an aromatic ring is 1. The third-order valence-corrected chi connectivity index (χ3v) is 9.95. The Morgan fingerprint density at radius 2 is 1.54 bits per heavy atom. The first kappa shape index (κ1) is 44.2. The lowest BCUT2D eigenvalue weighted by Crippen LogP contribution is -2.52. The van der Waals surface area contributed by atoms with E-state index in [1.165, 1.54) is 67.7 Å². The molecule has 2 atom stereocenters. The van der Waals surface area contributed by atoms with Crippen LogP contribution in [0.3, 0.4) is 0 Å². The van der Waals surface area contributed by atoms with Crippen molar-refractivity contribution in [1.82, 2.24) is 24.8 Å². The number of carbonyl (C=O) groups is 3. The van der Waals surface area contributed by atoms with Gasteiger partial charge in [0.2, 0.25) is 17.8 Å². The minimum atomic E-state index is -1.22. The number of esters is 1. The Labute approximate surface area is 323 Å². The molecule has 0 saturated heterocycles. The molecule has 2 aromatic heterocycles. The Bertz CT molecular complexity index is 1570. The van der Waals surface area contributed by atoms with Crippen molar-refractivity contribution in [2.24, 2.45) is 5.73 Å². The predicted octanol–water partition coefficient (Wildman–Crippen LogP) is 5.09. The first-order chi connectivity index (χ1) is 26.2. The highest BCUT2D eigenvalue weighted by Gasteiger charge is 2.24. The molecule has 0 spiro atoms. The molecule has 3 rings (SSSR count). The maximum absolute atomic E-state index is 12.9. The van der Waals surface area contributed by atoms with Crippen molar-refractivity contribution in [3.8, 4) is 6.01 Å². The first-order valence-corrected chi connectivity index (χ1v) is 20.6. The number of anilines is 3. The SMILES string of the molecule is CCCCCCCCCCCCCC(=O)OCCSC[C@H](N)C(=O)N[C@@H](CO)C(=O)Nc1ccc(Cn2c(O)nc3c(N)nc(NCCCC)nc32)cc1. The zero-order valence-electron chi connectivity index (χ0n) is 32.0. The van der Waals surface area contributed by atoms with E-state index in [-0.39, 0.29) is 36.7 Å². The number of aromatic nitrogens is 4. The van der Waals surface area contributed by atoms with E-state index in [1.54, 1.807) is 24.3 Å². The van der Waals surface area contributed by atoms with E-state index in [0.29, 0.717) is 41.5 Å². The van der Waals surface area contributed by atoms with E-state index in [2.05, 4.69) is 44.7 Å². The van der Waals surface area contributed by atoms with Gasteiger partial charge in [-0.15, -0.1) is 0 Å². The molecular weight excluding hydrogens is 711 g/mol. The monoisotopic (exact) mass is 771 g/mol. The number of hydrogen-bond acceptors (Lipinski definition) is 13. The molecule has 0 aliphatic heterocycles. The van der Waals surface area contributed by atoms with Crippen molar-refractivity contribution >= 4 is 58.2 Å². The van der Waals surface area contributed by atoms with Gasteiger partial charge in [-0.25, -0.2) is 0 Å². The summed E-state index contributed by atoms with van der Waals surface area (Å²) in [5, 5.41) is 28.7. The summed E-state index contributed by atoms with van der Waals surface area (Å²) in [6, 6.07) is 4.41. The highest BCUT2D eigenvalue weighted by Crippen LogP contribution is 2.25. The lowest BCUT2D eigenvalue weighted by Gasteiger charge is -2.19. The number of rotatable bonds is 28. The molecule has 300 valence electrons. The van der Waals surface area contributed by atoms with Gasteiger partial charge in [0.15, 0.2) is 17.0 Å². The van der Waals surface area contributed by atoms with Gasteiger partial charge in [-0.2, -0.15) is 26.7 Å². The number of unbranched alkanes of at least 4 members (excludes halogenated alkanes) is 11. The van der Waals surface area contributed by atoms with Crippen LogP contribution < -0.4 is 27.4 Å². The van der Waals surface area contributed by atoms with Crippen LogP contribution in [0.1, 0.15) is 109 Å². The normalized spacial score (nSPS) is 12.4. The number of benzene rings is 1. The molecular formula is C38H61N9O6S. The minimum absolute atomic E-state index is 0.152. The fraction of sp³-hybridized carbons (Fsp3) is 0.632. The van der Waals surface area contributed by atoms with Crippen LogP contribution in [0.5, 0.6) is 6.01 Å². The Morgan fingerprint density at radius 1 is 0.889 bits per heavy atom. The molecule has 0 radical (unpaired) electrons. The van der Waals surface area contributed by atoms with Gasteiger partial charge in [-0.3, -0.25) is 19.0 Å². The van der Waals surface area contributed by atoms with Crippen LogP contribution in [0.2, 0.25) is 0 Å². The summed E-state index contributed by atoms with van der Waals surface area (Å²) in [6.07, 6.45) is 15.8. The van der Waals surface area contributed by atoms with Crippen LogP contribution in [-0.4, -0.2) is 90.9 Å². The van der Waals surface area contributed by atoms with E-state index in [4.69, 9.17) is 16.2 Å². The number of amides is 2. The summed E-state index contributed by atoms with van der Waals surface area (Å²) in [5.74, 6) is -0.172. The summed E-state index contributed by atoms with van der Waals surface area (Å²) < 4.78 is 6.82. The highest BCUT2D eigenvalue weighted by atomic mass is 32.2. The molecule has 2 amide bonds. The molecule has 0 aliphatic carbocycles. The third kappa shape index (κ3) is 15.7. The number of carbonyl (C=O) groups excluding carboxylic acids is 3. The largest absolute Gasteiger partial charge is 0.480 e. The summed E-state index contributed by atoms with van der Waals surface area (Å²) >= 11 is 1.37. The molecule has 0 aliphatic rings. The number of nitrogens with zero attached hydrogens (tertiary/aromatic N) is 4. The zero-order chi connectivity index (χ0) is 39.1. The number of ether oxygens (including phenoxy) is 1. The molecule has 15 nitrogen and oxygen atoms in total. The zero-order valence-corrected chi connectivity index (χ0v) is 32.8. The predicted molar refractivity (Wildman–Crippen MR) is 215 cm³/mol. The second-order valence-corrected chi connectivity index (χ2v) is 14.7. The van der Waals surface area contributed by atoms with Gasteiger partial charge in [0.25, 0.3) is 6.01 Å². The standard InChI is InChI=1S/C38H61N9O6S/c1-3-5-7-8-9-10-11-12-13-14-15-16-31(49)53-22-23-54-26-29(39)35(50)43-30(25-48)36(51)42-28-19-17-27(18-20-28)24-47-34-32(44-38(47)52)33(40)45-37(46-34)41-21-6-4-2/h17-20,29-30,48H,3-16,21-26,39H2,1-2H3,(H,42,51)(H,43,50)(H,44,52)(H3,40,41,45,46)/t29-,30-/m0/s1. The average molecular weight is 772 g/mol. The van der Waals surface area contributed by atoms with Crippen LogP contribution >= 0.6 is 11.8 Å². The van der Waals surface area contributed by atoms with Gasteiger partial charge in [0.1, 0.15) is 12.6 Å².